The molecule has 3 aromatic rings. The number of benzene rings is 2. The molecule has 0 aliphatic rings. The van der Waals surface area contributed by atoms with Gasteiger partial charge in [0.05, 0.1) is 22.2 Å². The van der Waals surface area contributed by atoms with E-state index < -0.39 is 0 Å². The Bertz CT molecular complexity index is 992. The minimum absolute atomic E-state index is 0.189. The SMILES string of the molecule is O=C(c1cccc(Cn2ncccc2=O)c1)c1c(Cl)cc(Cl)cc1Cl. The molecule has 0 spiro atoms. The van der Waals surface area contributed by atoms with E-state index in [1.807, 2.05) is 6.07 Å². The molecule has 2 aromatic carbocycles. The van der Waals surface area contributed by atoms with Crippen molar-refractivity contribution in [3.8, 4) is 0 Å². The van der Waals surface area contributed by atoms with E-state index in [9.17, 15) is 9.59 Å². The Kier molecular flexibility index (Phi) is 5.23. The number of carbonyl (C=O) groups is 1. The summed E-state index contributed by atoms with van der Waals surface area (Å²) in [6.07, 6.45) is 1.53. The van der Waals surface area contributed by atoms with E-state index >= 15 is 0 Å². The van der Waals surface area contributed by atoms with Crippen molar-refractivity contribution in [2.45, 2.75) is 6.54 Å². The number of rotatable bonds is 4. The van der Waals surface area contributed by atoms with Crippen molar-refractivity contribution < 1.29 is 4.79 Å². The van der Waals surface area contributed by atoms with Crippen LogP contribution in [0.5, 0.6) is 0 Å². The van der Waals surface area contributed by atoms with Crippen molar-refractivity contribution in [3.63, 3.8) is 0 Å². The second kappa shape index (κ2) is 7.40. The highest BCUT2D eigenvalue weighted by atomic mass is 35.5. The van der Waals surface area contributed by atoms with Crippen molar-refractivity contribution in [2.75, 3.05) is 0 Å². The summed E-state index contributed by atoms with van der Waals surface area (Å²) >= 11 is 18.1. The van der Waals surface area contributed by atoms with Gasteiger partial charge in [0.1, 0.15) is 0 Å². The van der Waals surface area contributed by atoms with Gasteiger partial charge in [-0.05, 0) is 29.8 Å². The Hall–Kier alpha value is -2.14. The van der Waals surface area contributed by atoms with Crippen LogP contribution in [0.4, 0.5) is 0 Å². The maximum atomic E-state index is 12.8. The smallest absolute Gasteiger partial charge is 0.267 e. The van der Waals surface area contributed by atoms with E-state index in [4.69, 9.17) is 34.8 Å². The third kappa shape index (κ3) is 3.93. The van der Waals surface area contributed by atoms with Crippen LogP contribution in [0.15, 0.2) is 59.5 Å². The number of nitrogens with zero attached hydrogens (tertiary/aromatic N) is 2. The molecule has 0 bridgehead atoms. The van der Waals surface area contributed by atoms with Gasteiger partial charge in [0.15, 0.2) is 5.78 Å². The van der Waals surface area contributed by atoms with Gasteiger partial charge in [0.25, 0.3) is 5.56 Å². The lowest BCUT2D eigenvalue weighted by atomic mass is 10.0. The van der Waals surface area contributed by atoms with Crippen LogP contribution in [0.25, 0.3) is 0 Å². The normalized spacial score (nSPS) is 10.7. The topological polar surface area (TPSA) is 52.0 Å². The molecule has 0 saturated heterocycles. The predicted octanol–water partition coefficient (Wildman–Crippen LogP) is 4.48. The molecular formula is C18H11Cl3N2O2. The number of ketones is 1. The van der Waals surface area contributed by atoms with Crippen molar-refractivity contribution in [2.24, 2.45) is 0 Å². The molecule has 1 aromatic heterocycles. The van der Waals surface area contributed by atoms with Gasteiger partial charge in [-0.3, -0.25) is 9.59 Å². The largest absolute Gasteiger partial charge is 0.288 e. The summed E-state index contributed by atoms with van der Waals surface area (Å²) in [6, 6.07) is 12.8. The fourth-order valence-corrected chi connectivity index (χ4v) is 3.38. The second-order valence-corrected chi connectivity index (χ2v) is 6.54. The molecule has 0 aliphatic heterocycles. The first kappa shape index (κ1) is 17.7. The van der Waals surface area contributed by atoms with Crippen LogP contribution in [0.2, 0.25) is 15.1 Å². The Balaban J connectivity index is 1.96. The molecule has 0 N–H and O–H groups in total. The van der Waals surface area contributed by atoms with E-state index in [-0.39, 0.29) is 33.5 Å². The fourth-order valence-electron chi connectivity index (χ4n) is 2.39. The Morgan fingerprint density at radius 2 is 1.72 bits per heavy atom. The lowest BCUT2D eigenvalue weighted by Gasteiger charge is -2.09. The number of halogens is 3. The van der Waals surface area contributed by atoms with Gasteiger partial charge in [0, 0.05) is 22.8 Å². The van der Waals surface area contributed by atoms with Crippen LogP contribution in [-0.2, 0) is 6.54 Å². The number of hydrogen-bond acceptors (Lipinski definition) is 3. The number of carbonyl (C=O) groups excluding carboxylic acids is 1. The lowest BCUT2D eigenvalue weighted by Crippen LogP contribution is -2.21. The van der Waals surface area contributed by atoms with Crippen LogP contribution in [0.1, 0.15) is 21.5 Å². The van der Waals surface area contributed by atoms with E-state index in [1.54, 1.807) is 24.3 Å². The zero-order valence-electron chi connectivity index (χ0n) is 12.7. The van der Waals surface area contributed by atoms with Crippen LogP contribution < -0.4 is 5.56 Å². The first-order valence-corrected chi connectivity index (χ1v) is 8.39. The van der Waals surface area contributed by atoms with Gasteiger partial charge in [-0.1, -0.05) is 53.0 Å². The molecule has 4 nitrogen and oxygen atoms in total. The number of hydrogen-bond donors (Lipinski definition) is 0. The Labute approximate surface area is 158 Å². The van der Waals surface area contributed by atoms with Gasteiger partial charge in [-0.15, -0.1) is 0 Å². The van der Waals surface area contributed by atoms with Gasteiger partial charge in [-0.2, -0.15) is 5.10 Å². The highest BCUT2D eigenvalue weighted by Gasteiger charge is 2.18. The van der Waals surface area contributed by atoms with Gasteiger partial charge in [0.2, 0.25) is 0 Å². The Morgan fingerprint density at radius 3 is 2.40 bits per heavy atom. The van der Waals surface area contributed by atoms with Crippen molar-refractivity contribution in [1.82, 2.24) is 9.78 Å². The van der Waals surface area contributed by atoms with Gasteiger partial charge < -0.3 is 0 Å². The summed E-state index contributed by atoms with van der Waals surface area (Å²) in [7, 11) is 0. The van der Waals surface area contributed by atoms with E-state index in [2.05, 4.69) is 5.10 Å². The van der Waals surface area contributed by atoms with Gasteiger partial charge in [-0.25, -0.2) is 4.68 Å². The lowest BCUT2D eigenvalue weighted by molar-refractivity contribution is 0.103. The summed E-state index contributed by atoms with van der Waals surface area (Å²) < 4.78 is 1.31. The molecule has 0 aliphatic carbocycles. The monoisotopic (exact) mass is 392 g/mol. The van der Waals surface area contributed by atoms with Crippen LogP contribution in [0.3, 0.4) is 0 Å². The summed E-state index contributed by atoms with van der Waals surface area (Å²) in [5, 5.41) is 4.74. The molecule has 3 rings (SSSR count). The van der Waals surface area contributed by atoms with E-state index in [0.717, 1.165) is 5.56 Å². The highest BCUT2D eigenvalue weighted by Crippen LogP contribution is 2.31. The average Bonchev–Trinajstić information content (AvgIpc) is 2.56. The fraction of sp³-hybridized carbons (Fsp3) is 0.0556. The summed E-state index contributed by atoms with van der Waals surface area (Å²) in [5.74, 6) is -0.318. The van der Waals surface area contributed by atoms with E-state index in [1.165, 1.54) is 29.1 Å². The summed E-state index contributed by atoms with van der Waals surface area (Å²) in [5.41, 5.74) is 1.14. The first-order valence-electron chi connectivity index (χ1n) is 7.26. The standard InChI is InChI=1S/C18H11Cl3N2O2/c19-13-8-14(20)17(15(21)9-13)18(25)12-4-1-3-11(7-12)10-23-16(24)5-2-6-22-23/h1-9H,10H2. The second-order valence-electron chi connectivity index (χ2n) is 5.29. The van der Waals surface area contributed by atoms with Crippen LogP contribution >= 0.6 is 34.8 Å². The van der Waals surface area contributed by atoms with Gasteiger partial charge >= 0.3 is 0 Å². The molecule has 25 heavy (non-hydrogen) atoms. The highest BCUT2D eigenvalue weighted by molar-refractivity contribution is 6.43. The molecule has 126 valence electrons. The van der Waals surface area contributed by atoms with Crippen molar-refractivity contribution in [1.29, 1.82) is 0 Å². The quantitative estimate of drug-likeness (QED) is 0.614. The molecule has 0 radical (unpaired) electrons. The maximum Gasteiger partial charge on any atom is 0.267 e. The zero-order chi connectivity index (χ0) is 18.0. The summed E-state index contributed by atoms with van der Waals surface area (Å²) in [4.78, 5) is 24.5. The van der Waals surface area contributed by atoms with Crippen molar-refractivity contribution >= 4 is 40.6 Å². The predicted molar refractivity (Wildman–Crippen MR) is 98.9 cm³/mol. The molecule has 0 saturated carbocycles. The van der Waals surface area contributed by atoms with Crippen LogP contribution in [0, 0.1) is 0 Å². The third-order valence-corrected chi connectivity index (χ3v) is 4.36. The molecule has 0 fully saturated rings. The average molecular weight is 394 g/mol. The Morgan fingerprint density at radius 1 is 1.00 bits per heavy atom. The maximum absolute atomic E-state index is 12.8. The number of aromatic nitrogens is 2. The molecule has 0 atom stereocenters. The first-order chi connectivity index (χ1) is 12.0. The zero-order valence-corrected chi connectivity index (χ0v) is 15.0. The van der Waals surface area contributed by atoms with Crippen molar-refractivity contribution in [3.05, 3.63) is 96.8 Å². The molecule has 1 heterocycles. The molecular weight excluding hydrogens is 383 g/mol. The van der Waals surface area contributed by atoms with Crippen LogP contribution in [-0.4, -0.2) is 15.6 Å². The van der Waals surface area contributed by atoms with E-state index in [0.29, 0.717) is 10.6 Å². The molecule has 0 unspecified atom stereocenters. The minimum Gasteiger partial charge on any atom is -0.288 e. The summed E-state index contributed by atoms with van der Waals surface area (Å²) in [6.45, 7) is 0.253. The minimum atomic E-state index is -0.318. The molecule has 0 amide bonds. The third-order valence-electron chi connectivity index (χ3n) is 3.54. The molecule has 7 heteroatoms.